The highest BCUT2D eigenvalue weighted by molar-refractivity contribution is 6.30. The number of benzene rings is 2. The van der Waals surface area contributed by atoms with Gasteiger partial charge in [0, 0.05) is 43.1 Å². The lowest BCUT2D eigenvalue weighted by Crippen LogP contribution is -2.53. The zero-order chi connectivity index (χ0) is 22.4. The highest BCUT2D eigenvalue weighted by atomic mass is 35.5. The molecule has 170 valence electrons. The second-order valence-electron chi connectivity index (χ2n) is 8.64. The third kappa shape index (κ3) is 5.49. The van der Waals surface area contributed by atoms with Crippen molar-refractivity contribution in [3.8, 4) is 0 Å². The summed E-state index contributed by atoms with van der Waals surface area (Å²) in [5.74, 6) is 0.0455. The number of para-hydroxylation sites is 1. The van der Waals surface area contributed by atoms with E-state index in [9.17, 15) is 9.59 Å². The van der Waals surface area contributed by atoms with Crippen LogP contribution in [0.4, 0.5) is 5.69 Å². The molecule has 2 aliphatic rings. The van der Waals surface area contributed by atoms with Gasteiger partial charge in [0.25, 0.3) is 0 Å². The van der Waals surface area contributed by atoms with Gasteiger partial charge in [-0.2, -0.15) is 0 Å². The molecule has 2 aromatic rings. The van der Waals surface area contributed by atoms with Crippen molar-refractivity contribution >= 4 is 29.1 Å². The number of halogens is 1. The molecule has 6 nitrogen and oxygen atoms in total. The summed E-state index contributed by atoms with van der Waals surface area (Å²) in [6.45, 7) is 3.05. The minimum atomic E-state index is -0.601. The Morgan fingerprint density at radius 3 is 2.44 bits per heavy atom. The third-order valence-electron chi connectivity index (χ3n) is 6.51. The summed E-state index contributed by atoms with van der Waals surface area (Å²) >= 11 is 6.23. The fraction of sp³-hybridized carbons (Fsp3) is 0.440. The SMILES string of the molecule is O=C(CN1CCC(NC(=O)C2(c3cccc(Cl)c3)CCOCC2)CC1)Nc1ccccc1. The smallest absolute Gasteiger partial charge is 0.238 e. The lowest BCUT2D eigenvalue weighted by atomic mass is 9.73. The molecule has 2 amide bonds. The molecule has 0 spiro atoms. The van der Waals surface area contributed by atoms with E-state index in [1.807, 2.05) is 54.6 Å². The summed E-state index contributed by atoms with van der Waals surface area (Å²) in [7, 11) is 0. The van der Waals surface area contributed by atoms with Crippen LogP contribution >= 0.6 is 11.6 Å². The number of likely N-dealkylation sites (tertiary alicyclic amines) is 1. The number of nitrogens with one attached hydrogen (secondary N) is 2. The Kier molecular flexibility index (Phi) is 7.45. The normalized spacial score (nSPS) is 19.3. The molecule has 2 saturated heterocycles. The number of hydrogen-bond acceptors (Lipinski definition) is 4. The zero-order valence-electron chi connectivity index (χ0n) is 18.2. The molecule has 2 aliphatic heterocycles. The van der Waals surface area contributed by atoms with Crippen molar-refractivity contribution in [2.75, 3.05) is 38.2 Å². The first-order valence-corrected chi connectivity index (χ1v) is 11.6. The molecule has 2 fully saturated rings. The van der Waals surface area contributed by atoms with E-state index in [0.717, 1.165) is 37.2 Å². The molecular formula is C25H30ClN3O3. The summed E-state index contributed by atoms with van der Waals surface area (Å²) in [6, 6.07) is 17.2. The van der Waals surface area contributed by atoms with Crippen LogP contribution in [0.5, 0.6) is 0 Å². The molecule has 32 heavy (non-hydrogen) atoms. The Bertz CT molecular complexity index is 923. The van der Waals surface area contributed by atoms with Gasteiger partial charge in [0.05, 0.1) is 12.0 Å². The number of anilines is 1. The van der Waals surface area contributed by atoms with E-state index in [2.05, 4.69) is 15.5 Å². The predicted octanol–water partition coefficient (Wildman–Crippen LogP) is 3.61. The largest absolute Gasteiger partial charge is 0.381 e. The molecule has 2 heterocycles. The molecule has 0 radical (unpaired) electrons. The first kappa shape index (κ1) is 22.8. The maximum atomic E-state index is 13.5. The molecule has 4 rings (SSSR count). The molecule has 0 atom stereocenters. The highest BCUT2D eigenvalue weighted by Crippen LogP contribution is 2.36. The molecule has 7 heteroatoms. The minimum absolute atomic E-state index is 0.0131. The van der Waals surface area contributed by atoms with Crippen molar-refractivity contribution in [1.29, 1.82) is 0 Å². The lowest BCUT2D eigenvalue weighted by Gasteiger charge is -2.39. The zero-order valence-corrected chi connectivity index (χ0v) is 18.9. The van der Waals surface area contributed by atoms with Gasteiger partial charge in [-0.3, -0.25) is 14.5 Å². The van der Waals surface area contributed by atoms with Crippen molar-refractivity contribution in [3.63, 3.8) is 0 Å². The fourth-order valence-corrected chi connectivity index (χ4v) is 4.83. The summed E-state index contributed by atoms with van der Waals surface area (Å²) in [5, 5.41) is 6.87. The van der Waals surface area contributed by atoms with E-state index in [1.54, 1.807) is 0 Å². The Hall–Kier alpha value is -2.41. The number of amides is 2. The topological polar surface area (TPSA) is 70.7 Å². The number of nitrogens with zero attached hydrogens (tertiary/aromatic N) is 1. The van der Waals surface area contributed by atoms with Gasteiger partial charge < -0.3 is 15.4 Å². The van der Waals surface area contributed by atoms with Gasteiger partial charge in [-0.05, 0) is 55.5 Å². The van der Waals surface area contributed by atoms with Gasteiger partial charge >= 0.3 is 0 Å². The number of rotatable bonds is 6. The van der Waals surface area contributed by atoms with E-state index in [4.69, 9.17) is 16.3 Å². The van der Waals surface area contributed by atoms with Gasteiger partial charge in [-0.15, -0.1) is 0 Å². The second-order valence-corrected chi connectivity index (χ2v) is 9.08. The van der Waals surface area contributed by atoms with E-state index in [1.165, 1.54) is 0 Å². The minimum Gasteiger partial charge on any atom is -0.381 e. The summed E-state index contributed by atoms with van der Waals surface area (Å²) in [4.78, 5) is 27.9. The van der Waals surface area contributed by atoms with Crippen molar-refractivity contribution in [2.24, 2.45) is 0 Å². The second kappa shape index (κ2) is 10.5. The Morgan fingerprint density at radius 2 is 1.75 bits per heavy atom. The quantitative estimate of drug-likeness (QED) is 0.698. The molecule has 0 saturated carbocycles. The van der Waals surface area contributed by atoms with Gasteiger partial charge in [0.15, 0.2) is 0 Å². The van der Waals surface area contributed by atoms with Gasteiger partial charge in [0.2, 0.25) is 11.8 Å². The third-order valence-corrected chi connectivity index (χ3v) is 6.74. The van der Waals surface area contributed by atoms with E-state index in [-0.39, 0.29) is 17.9 Å². The predicted molar refractivity (Wildman–Crippen MR) is 126 cm³/mol. The van der Waals surface area contributed by atoms with Gasteiger partial charge in [-0.25, -0.2) is 0 Å². The van der Waals surface area contributed by atoms with Crippen LogP contribution < -0.4 is 10.6 Å². The number of piperidine rings is 1. The Balaban J connectivity index is 1.31. The number of carbonyl (C=O) groups excluding carboxylic acids is 2. The van der Waals surface area contributed by atoms with Gasteiger partial charge in [0.1, 0.15) is 0 Å². The lowest BCUT2D eigenvalue weighted by molar-refractivity contribution is -0.131. The molecule has 2 N–H and O–H groups in total. The number of carbonyl (C=O) groups is 2. The molecule has 0 aromatic heterocycles. The maximum absolute atomic E-state index is 13.5. The summed E-state index contributed by atoms with van der Waals surface area (Å²) in [5.41, 5.74) is 1.17. The number of hydrogen-bond donors (Lipinski definition) is 2. The molecular weight excluding hydrogens is 426 g/mol. The molecule has 0 unspecified atom stereocenters. The van der Waals surface area contributed by atoms with Crippen LogP contribution in [0, 0.1) is 0 Å². The average molecular weight is 456 g/mol. The van der Waals surface area contributed by atoms with E-state index >= 15 is 0 Å². The standard InChI is InChI=1S/C25H30ClN3O3/c26-20-6-4-5-19(17-20)25(11-15-32-16-12-25)24(31)28-22-9-13-29(14-10-22)18-23(30)27-21-7-2-1-3-8-21/h1-8,17,22H,9-16,18H2,(H,27,30)(H,28,31). The molecule has 0 bridgehead atoms. The Morgan fingerprint density at radius 1 is 1.03 bits per heavy atom. The van der Waals surface area contributed by atoms with E-state index < -0.39 is 5.41 Å². The van der Waals surface area contributed by atoms with Crippen LogP contribution in [0.25, 0.3) is 0 Å². The maximum Gasteiger partial charge on any atom is 0.238 e. The van der Waals surface area contributed by atoms with Crippen LogP contribution in [0.1, 0.15) is 31.2 Å². The summed E-state index contributed by atoms with van der Waals surface area (Å²) < 4.78 is 5.55. The van der Waals surface area contributed by atoms with Crippen LogP contribution in [-0.2, 0) is 19.7 Å². The monoisotopic (exact) mass is 455 g/mol. The van der Waals surface area contributed by atoms with Crippen molar-refractivity contribution in [3.05, 3.63) is 65.2 Å². The van der Waals surface area contributed by atoms with Crippen LogP contribution in [-0.4, -0.2) is 55.6 Å². The Labute approximate surface area is 194 Å². The van der Waals surface area contributed by atoms with Crippen LogP contribution in [0.2, 0.25) is 5.02 Å². The van der Waals surface area contributed by atoms with Crippen LogP contribution in [0.15, 0.2) is 54.6 Å². The first-order valence-electron chi connectivity index (χ1n) is 11.3. The molecule has 2 aromatic carbocycles. The van der Waals surface area contributed by atoms with Crippen LogP contribution in [0.3, 0.4) is 0 Å². The highest BCUT2D eigenvalue weighted by Gasteiger charge is 2.42. The van der Waals surface area contributed by atoms with Crippen molar-refractivity contribution in [2.45, 2.75) is 37.1 Å². The first-order chi connectivity index (χ1) is 15.5. The fourth-order valence-electron chi connectivity index (χ4n) is 4.64. The van der Waals surface area contributed by atoms with Crippen molar-refractivity contribution < 1.29 is 14.3 Å². The van der Waals surface area contributed by atoms with Gasteiger partial charge in [-0.1, -0.05) is 41.9 Å². The molecule has 0 aliphatic carbocycles. The van der Waals surface area contributed by atoms with Crippen molar-refractivity contribution in [1.82, 2.24) is 10.2 Å². The summed E-state index contributed by atoms with van der Waals surface area (Å²) in [6.07, 6.45) is 2.95. The number of ether oxygens (including phenoxy) is 1. The van der Waals surface area contributed by atoms with E-state index in [0.29, 0.717) is 37.6 Å². The average Bonchev–Trinajstić information content (AvgIpc) is 2.81.